The summed E-state index contributed by atoms with van der Waals surface area (Å²) < 4.78 is 4.93. The molecule has 0 unspecified atom stereocenters. The molecule has 0 atom stereocenters. The number of hydrogen-bond donors (Lipinski definition) is 2. The van der Waals surface area contributed by atoms with Crippen molar-refractivity contribution in [3.63, 3.8) is 0 Å². The first kappa shape index (κ1) is 16.3. The molecule has 0 aromatic heterocycles. The fourth-order valence-corrected chi connectivity index (χ4v) is 1.98. The van der Waals surface area contributed by atoms with Gasteiger partial charge in [0.25, 0.3) is 0 Å². The molecule has 0 amide bonds. The molecular weight excluding hydrogens is 298 g/mol. The molecule has 0 saturated heterocycles. The Morgan fingerprint density at radius 3 is 2.61 bits per heavy atom. The molecule has 120 valence electrons. The minimum atomic E-state index is -0.675. The number of benzene rings is 2. The summed E-state index contributed by atoms with van der Waals surface area (Å²) in [5.74, 6) is -0.483. The van der Waals surface area contributed by atoms with Gasteiger partial charge in [-0.3, -0.25) is 15.5 Å². The number of methoxy groups -OCH3 is 1. The first-order valence-corrected chi connectivity index (χ1v) is 6.84. The highest BCUT2D eigenvalue weighted by molar-refractivity contribution is 5.83. The second-order valence-corrected chi connectivity index (χ2v) is 5.02. The van der Waals surface area contributed by atoms with E-state index in [1.807, 2.05) is 32.0 Å². The van der Waals surface area contributed by atoms with Gasteiger partial charge in [0.15, 0.2) is 5.75 Å². The molecule has 2 aromatic carbocycles. The van der Waals surface area contributed by atoms with E-state index < -0.39 is 16.4 Å². The number of ether oxygens (including phenoxy) is 1. The van der Waals surface area contributed by atoms with Crippen LogP contribution in [0.4, 0.5) is 11.4 Å². The lowest BCUT2D eigenvalue weighted by atomic mass is 10.1. The lowest BCUT2D eigenvalue weighted by Crippen LogP contribution is -1.96. The molecular formula is C16H17N3O4. The number of anilines is 1. The minimum Gasteiger partial charge on any atom is -0.500 e. The third kappa shape index (κ3) is 3.76. The Morgan fingerprint density at radius 2 is 2.00 bits per heavy atom. The summed E-state index contributed by atoms with van der Waals surface area (Å²) >= 11 is 0. The van der Waals surface area contributed by atoms with E-state index in [1.165, 1.54) is 31.0 Å². The maximum Gasteiger partial charge on any atom is 0.315 e. The van der Waals surface area contributed by atoms with Crippen LogP contribution in [0, 0.1) is 24.0 Å². The predicted molar refractivity (Wildman–Crippen MR) is 88.4 cm³/mol. The van der Waals surface area contributed by atoms with Gasteiger partial charge in [0.2, 0.25) is 5.75 Å². The number of nitrogens with zero attached hydrogens (tertiary/aromatic N) is 2. The number of nitro groups is 1. The Bertz CT molecular complexity index is 772. The fourth-order valence-electron chi connectivity index (χ4n) is 1.98. The van der Waals surface area contributed by atoms with E-state index in [1.54, 1.807) is 0 Å². The first-order valence-electron chi connectivity index (χ1n) is 6.84. The average Bonchev–Trinajstić information content (AvgIpc) is 2.51. The van der Waals surface area contributed by atoms with Gasteiger partial charge in [-0.25, -0.2) is 0 Å². The molecule has 0 aliphatic carbocycles. The van der Waals surface area contributed by atoms with E-state index in [2.05, 4.69) is 10.5 Å². The summed E-state index contributed by atoms with van der Waals surface area (Å²) in [6, 6.07) is 8.50. The van der Waals surface area contributed by atoms with Crippen molar-refractivity contribution >= 4 is 17.6 Å². The van der Waals surface area contributed by atoms with Gasteiger partial charge >= 0.3 is 5.69 Å². The molecule has 0 radical (unpaired) electrons. The van der Waals surface area contributed by atoms with Crippen LogP contribution in [-0.2, 0) is 0 Å². The monoisotopic (exact) mass is 315 g/mol. The maximum atomic E-state index is 10.9. The van der Waals surface area contributed by atoms with Crippen LogP contribution in [0.25, 0.3) is 0 Å². The van der Waals surface area contributed by atoms with Gasteiger partial charge in [0.1, 0.15) is 0 Å². The molecule has 7 nitrogen and oxygen atoms in total. The quantitative estimate of drug-likeness (QED) is 0.501. The molecule has 0 saturated carbocycles. The van der Waals surface area contributed by atoms with Crippen molar-refractivity contribution < 1.29 is 14.8 Å². The summed E-state index contributed by atoms with van der Waals surface area (Å²) in [6.45, 7) is 4.02. The van der Waals surface area contributed by atoms with Crippen molar-refractivity contribution in [2.75, 3.05) is 12.5 Å². The molecule has 0 spiro atoms. The topological polar surface area (TPSA) is 97.0 Å². The largest absolute Gasteiger partial charge is 0.500 e. The Labute approximate surface area is 133 Å². The first-order chi connectivity index (χ1) is 10.9. The van der Waals surface area contributed by atoms with Gasteiger partial charge < -0.3 is 9.84 Å². The summed E-state index contributed by atoms with van der Waals surface area (Å²) in [6.07, 6.45) is 1.42. The Balaban J connectivity index is 2.23. The molecule has 0 bridgehead atoms. The molecule has 2 N–H and O–H groups in total. The van der Waals surface area contributed by atoms with Crippen LogP contribution < -0.4 is 10.2 Å². The van der Waals surface area contributed by atoms with Crippen molar-refractivity contribution in [2.45, 2.75) is 13.8 Å². The van der Waals surface area contributed by atoms with Crippen LogP contribution in [-0.4, -0.2) is 23.4 Å². The highest BCUT2D eigenvalue weighted by Gasteiger charge is 2.19. The number of aryl methyl sites for hydroxylation is 2. The van der Waals surface area contributed by atoms with Gasteiger partial charge in [-0.2, -0.15) is 5.10 Å². The zero-order valence-corrected chi connectivity index (χ0v) is 13.0. The third-order valence-electron chi connectivity index (χ3n) is 3.41. The SMILES string of the molecule is COc1cc(C=NNc2ccc(C)c(C)c2)cc([N+](=O)[O-])c1O. The lowest BCUT2D eigenvalue weighted by Gasteiger charge is -2.06. The minimum absolute atomic E-state index is 0.0202. The van der Waals surface area contributed by atoms with Crippen LogP contribution in [0.1, 0.15) is 16.7 Å². The summed E-state index contributed by atoms with van der Waals surface area (Å²) in [7, 11) is 1.33. The van der Waals surface area contributed by atoms with E-state index in [0.717, 1.165) is 11.3 Å². The average molecular weight is 315 g/mol. The number of hydrazone groups is 1. The zero-order valence-electron chi connectivity index (χ0n) is 13.0. The molecule has 23 heavy (non-hydrogen) atoms. The van der Waals surface area contributed by atoms with E-state index in [4.69, 9.17) is 4.74 Å². The standard InChI is InChI=1S/C16H17N3O4/c1-10-4-5-13(6-11(10)2)18-17-9-12-7-14(19(21)22)16(20)15(8-12)23-3/h4-9,18,20H,1-3H3. The molecule has 0 heterocycles. The van der Waals surface area contributed by atoms with Crippen molar-refractivity contribution in [1.82, 2.24) is 0 Å². The van der Waals surface area contributed by atoms with E-state index in [9.17, 15) is 15.2 Å². The van der Waals surface area contributed by atoms with E-state index >= 15 is 0 Å². The molecule has 2 aromatic rings. The Morgan fingerprint density at radius 1 is 1.26 bits per heavy atom. The number of phenols is 1. The highest BCUT2D eigenvalue weighted by Crippen LogP contribution is 2.36. The van der Waals surface area contributed by atoms with Crippen LogP contribution in [0.3, 0.4) is 0 Å². The van der Waals surface area contributed by atoms with Crippen molar-refractivity contribution in [3.8, 4) is 11.5 Å². The molecule has 0 fully saturated rings. The number of hydrogen-bond acceptors (Lipinski definition) is 6. The van der Waals surface area contributed by atoms with E-state index in [0.29, 0.717) is 5.56 Å². The smallest absolute Gasteiger partial charge is 0.315 e. The molecule has 0 aliphatic rings. The molecule has 2 rings (SSSR count). The normalized spacial score (nSPS) is 10.7. The van der Waals surface area contributed by atoms with Gasteiger partial charge in [0, 0.05) is 11.6 Å². The second kappa shape index (κ2) is 6.78. The molecule has 0 aliphatic heterocycles. The van der Waals surface area contributed by atoms with Crippen LogP contribution in [0.2, 0.25) is 0 Å². The third-order valence-corrected chi connectivity index (χ3v) is 3.41. The number of rotatable bonds is 5. The molecule has 7 heteroatoms. The van der Waals surface area contributed by atoms with Gasteiger partial charge in [-0.05, 0) is 43.2 Å². The van der Waals surface area contributed by atoms with Crippen LogP contribution >= 0.6 is 0 Å². The van der Waals surface area contributed by atoms with Gasteiger partial charge in [-0.15, -0.1) is 0 Å². The fraction of sp³-hybridized carbons (Fsp3) is 0.188. The number of phenolic OH excluding ortho intramolecular Hbond substituents is 1. The van der Waals surface area contributed by atoms with Crippen molar-refractivity contribution in [1.29, 1.82) is 0 Å². The van der Waals surface area contributed by atoms with Gasteiger partial charge in [0.05, 0.1) is 23.9 Å². The van der Waals surface area contributed by atoms with Crippen molar-refractivity contribution in [2.24, 2.45) is 5.10 Å². The maximum absolute atomic E-state index is 10.9. The number of nitrogens with one attached hydrogen (secondary N) is 1. The van der Waals surface area contributed by atoms with E-state index in [-0.39, 0.29) is 5.75 Å². The summed E-state index contributed by atoms with van der Waals surface area (Å²) in [4.78, 5) is 10.3. The summed E-state index contributed by atoms with van der Waals surface area (Å²) in [5, 5.41) is 24.7. The van der Waals surface area contributed by atoms with Crippen LogP contribution in [0.5, 0.6) is 11.5 Å². The highest BCUT2D eigenvalue weighted by atomic mass is 16.6. The van der Waals surface area contributed by atoms with Crippen LogP contribution in [0.15, 0.2) is 35.4 Å². The predicted octanol–water partition coefficient (Wildman–Crippen LogP) is 3.37. The lowest BCUT2D eigenvalue weighted by molar-refractivity contribution is -0.386. The Kier molecular flexibility index (Phi) is 4.80. The zero-order chi connectivity index (χ0) is 17.0. The second-order valence-electron chi connectivity index (χ2n) is 5.02. The van der Waals surface area contributed by atoms with Crippen molar-refractivity contribution in [3.05, 3.63) is 57.1 Å². The number of aromatic hydroxyl groups is 1. The Hall–Kier alpha value is -3.09. The number of nitro benzene ring substituents is 1. The summed E-state index contributed by atoms with van der Waals surface area (Å²) in [5.41, 5.74) is 5.98. The van der Waals surface area contributed by atoms with Gasteiger partial charge in [-0.1, -0.05) is 6.07 Å².